The van der Waals surface area contributed by atoms with Crippen molar-refractivity contribution in [3.8, 4) is 17.2 Å². The van der Waals surface area contributed by atoms with Crippen LogP contribution in [0.15, 0.2) is 63.5 Å². The van der Waals surface area contributed by atoms with Gasteiger partial charge in [-0.1, -0.05) is 6.07 Å². The molecule has 0 saturated carbocycles. The van der Waals surface area contributed by atoms with E-state index in [-0.39, 0.29) is 11.7 Å². The summed E-state index contributed by atoms with van der Waals surface area (Å²) in [6, 6.07) is 16.4. The van der Waals surface area contributed by atoms with E-state index in [4.69, 9.17) is 18.6 Å². The van der Waals surface area contributed by atoms with E-state index in [1.54, 1.807) is 24.3 Å². The van der Waals surface area contributed by atoms with Crippen molar-refractivity contribution in [1.82, 2.24) is 9.78 Å². The third-order valence-electron chi connectivity index (χ3n) is 5.61. The van der Waals surface area contributed by atoms with Crippen LogP contribution in [0.25, 0.3) is 0 Å². The second-order valence-corrected chi connectivity index (χ2v) is 9.12. The summed E-state index contributed by atoms with van der Waals surface area (Å²) in [6.45, 7) is 9.73. The van der Waals surface area contributed by atoms with Gasteiger partial charge < -0.3 is 23.9 Å². The highest BCUT2D eigenvalue weighted by Gasteiger charge is 2.15. The fraction of sp³-hybridized carbons (Fsp3) is 0.286. The topological polar surface area (TPSA) is 87.8 Å². The van der Waals surface area contributed by atoms with E-state index in [2.05, 4.69) is 26.3 Å². The van der Waals surface area contributed by atoms with Gasteiger partial charge in [0, 0.05) is 5.69 Å². The lowest BCUT2D eigenvalue weighted by Crippen LogP contribution is -2.11. The maximum Gasteiger partial charge on any atom is 0.291 e. The fourth-order valence-electron chi connectivity index (χ4n) is 3.74. The van der Waals surface area contributed by atoms with E-state index >= 15 is 0 Å². The van der Waals surface area contributed by atoms with Crippen LogP contribution < -0.4 is 19.5 Å². The van der Waals surface area contributed by atoms with E-state index in [9.17, 15) is 4.79 Å². The smallest absolute Gasteiger partial charge is 0.291 e. The Hall–Kier alpha value is -3.72. The van der Waals surface area contributed by atoms with Crippen LogP contribution in [0.1, 0.15) is 47.1 Å². The molecule has 0 aliphatic heterocycles. The first-order chi connectivity index (χ1) is 17.9. The van der Waals surface area contributed by atoms with Crippen LogP contribution in [0.4, 0.5) is 5.69 Å². The summed E-state index contributed by atoms with van der Waals surface area (Å²) in [7, 11) is 0. The number of aryl methyl sites for hydroxylation is 1. The van der Waals surface area contributed by atoms with Crippen molar-refractivity contribution in [2.75, 3.05) is 18.5 Å². The molecule has 0 aliphatic rings. The van der Waals surface area contributed by atoms with Gasteiger partial charge in [0.05, 0.1) is 35.6 Å². The zero-order valence-corrected chi connectivity index (χ0v) is 22.9. The normalized spacial score (nSPS) is 10.8. The summed E-state index contributed by atoms with van der Waals surface area (Å²) in [4.78, 5) is 12.7. The Bertz CT molecular complexity index is 1360. The van der Waals surface area contributed by atoms with Crippen LogP contribution in [-0.2, 0) is 13.2 Å². The molecule has 2 aromatic heterocycles. The van der Waals surface area contributed by atoms with E-state index in [0.29, 0.717) is 49.3 Å². The summed E-state index contributed by atoms with van der Waals surface area (Å²) >= 11 is 3.52. The number of ether oxygens (including phenoxy) is 3. The Morgan fingerprint density at radius 3 is 2.38 bits per heavy atom. The number of benzene rings is 2. The van der Waals surface area contributed by atoms with Gasteiger partial charge in [0.2, 0.25) is 0 Å². The van der Waals surface area contributed by atoms with Gasteiger partial charge in [-0.25, -0.2) is 0 Å². The van der Waals surface area contributed by atoms with Crippen molar-refractivity contribution in [3.63, 3.8) is 0 Å². The molecule has 0 atom stereocenters. The highest BCUT2D eigenvalue weighted by Crippen LogP contribution is 2.29. The summed E-state index contributed by atoms with van der Waals surface area (Å²) in [5, 5.41) is 7.33. The largest absolute Gasteiger partial charge is 0.490 e. The molecule has 1 N–H and O–H groups in total. The fourth-order valence-corrected chi connectivity index (χ4v) is 4.02. The summed E-state index contributed by atoms with van der Waals surface area (Å²) in [5.74, 6) is 2.66. The molecule has 0 saturated heterocycles. The lowest BCUT2D eigenvalue weighted by Gasteiger charge is -2.13. The summed E-state index contributed by atoms with van der Waals surface area (Å²) in [6.07, 6.45) is 0. The first-order valence-corrected chi connectivity index (χ1v) is 12.9. The van der Waals surface area contributed by atoms with Gasteiger partial charge in [-0.2, -0.15) is 5.10 Å². The van der Waals surface area contributed by atoms with Crippen LogP contribution >= 0.6 is 15.9 Å². The molecule has 4 rings (SSSR count). The third kappa shape index (κ3) is 6.54. The zero-order chi connectivity index (χ0) is 26.4. The first-order valence-electron chi connectivity index (χ1n) is 12.1. The highest BCUT2D eigenvalue weighted by molar-refractivity contribution is 9.10. The molecule has 4 aromatic rings. The monoisotopic (exact) mass is 567 g/mol. The molecular formula is C28H30BrN3O5. The van der Waals surface area contributed by atoms with Gasteiger partial charge in [0.15, 0.2) is 17.3 Å². The number of carbonyl (C=O) groups is 1. The standard InChI is InChI=1S/C28H30BrN3O5/c1-5-34-24-13-7-20(15-26(24)35-6-2)17-36-22-10-8-21(9-11-22)30-28(33)25-14-12-23(37-25)16-32-19(4)27(29)18(3)31-32/h7-15H,5-6,16-17H2,1-4H3,(H,30,33). The first kappa shape index (κ1) is 26.3. The molecule has 0 unspecified atom stereocenters. The molecule has 0 aliphatic carbocycles. The van der Waals surface area contributed by atoms with Crippen molar-refractivity contribution < 1.29 is 23.4 Å². The summed E-state index contributed by atoms with van der Waals surface area (Å²) in [5.41, 5.74) is 3.51. The Balaban J connectivity index is 1.32. The van der Waals surface area contributed by atoms with E-state index in [0.717, 1.165) is 27.2 Å². The molecule has 0 spiro atoms. The Morgan fingerprint density at radius 2 is 1.70 bits per heavy atom. The Morgan fingerprint density at radius 1 is 0.973 bits per heavy atom. The maximum atomic E-state index is 12.7. The highest BCUT2D eigenvalue weighted by atomic mass is 79.9. The van der Waals surface area contributed by atoms with Crippen LogP contribution in [0.5, 0.6) is 17.2 Å². The van der Waals surface area contributed by atoms with Crippen molar-refractivity contribution >= 4 is 27.5 Å². The van der Waals surface area contributed by atoms with Gasteiger partial charge in [-0.05, 0) is 97.7 Å². The molecule has 37 heavy (non-hydrogen) atoms. The summed E-state index contributed by atoms with van der Waals surface area (Å²) < 4.78 is 25.8. The van der Waals surface area contributed by atoms with Gasteiger partial charge >= 0.3 is 0 Å². The van der Waals surface area contributed by atoms with Crippen molar-refractivity contribution in [2.45, 2.75) is 40.8 Å². The number of carbonyl (C=O) groups excluding carboxylic acids is 1. The van der Waals surface area contributed by atoms with Crippen LogP contribution in [0.3, 0.4) is 0 Å². The second-order valence-electron chi connectivity index (χ2n) is 8.32. The predicted octanol–water partition coefficient (Wildman–Crippen LogP) is 6.53. The Labute approximate surface area is 224 Å². The molecule has 0 bridgehead atoms. The Kier molecular flexibility index (Phi) is 8.55. The molecule has 0 radical (unpaired) electrons. The quantitative estimate of drug-likeness (QED) is 0.221. The number of anilines is 1. The van der Waals surface area contributed by atoms with Gasteiger partial charge in [-0.15, -0.1) is 0 Å². The number of hydrogen-bond acceptors (Lipinski definition) is 6. The van der Waals surface area contributed by atoms with E-state index in [1.807, 2.05) is 62.7 Å². The second kappa shape index (κ2) is 12.0. The number of aromatic nitrogens is 2. The third-order valence-corrected chi connectivity index (χ3v) is 6.76. The van der Waals surface area contributed by atoms with Crippen LogP contribution in [0, 0.1) is 13.8 Å². The van der Waals surface area contributed by atoms with Crippen molar-refractivity contribution in [2.24, 2.45) is 0 Å². The number of nitrogens with one attached hydrogen (secondary N) is 1. The number of amides is 1. The maximum absolute atomic E-state index is 12.7. The average Bonchev–Trinajstić information content (AvgIpc) is 3.46. The lowest BCUT2D eigenvalue weighted by molar-refractivity contribution is 0.0994. The van der Waals surface area contributed by atoms with Gasteiger partial charge in [0.25, 0.3) is 5.91 Å². The van der Waals surface area contributed by atoms with Crippen molar-refractivity contribution in [3.05, 3.63) is 87.5 Å². The van der Waals surface area contributed by atoms with Gasteiger partial charge in [-0.3, -0.25) is 9.48 Å². The van der Waals surface area contributed by atoms with Crippen molar-refractivity contribution in [1.29, 1.82) is 0 Å². The number of halogens is 1. The molecule has 2 aromatic carbocycles. The van der Waals surface area contributed by atoms with Gasteiger partial charge in [0.1, 0.15) is 18.1 Å². The van der Waals surface area contributed by atoms with Crippen LogP contribution in [-0.4, -0.2) is 28.9 Å². The molecule has 8 nitrogen and oxygen atoms in total. The molecule has 9 heteroatoms. The number of hydrogen-bond donors (Lipinski definition) is 1. The SMILES string of the molecule is CCOc1ccc(COc2ccc(NC(=O)c3ccc(Cn4nc(C)c(Br)c4C)o3)cc2)cc1OCC. The number of nitrogens with zero attached hydrogens (tertiary/aromatic N) is 2. The van der Waals surface area contributed by atoms with E-state index in [1.165, 1.54) is 0 Å². The molecule has 2 heterocycles. The lowest BCUT2D eigenvalue weighted by atomic mass is 10.2. The van der Waals surface area contributed by atoms with E-state index < -0.39 is 0 Å². The number of rotatable bonds is 11. The minimum absolute atomic E-state index is 0.233. The molecule has 1 amide bonds. The minimum atomic E-state index is -0.327. The average molecular weight is 568 g/mol. The molecular weight excluding hydrogens is 538 g/mol. The van der Waals surface area contributed by atoms with Crippen LogP contribution in [0.2, 0.25) is 0 Å². The molecule has 0 fully saturated rings. The minimum Gasteiger partial charge on any atom is -0.490 e. The predicted molar refractivity (Wildman–Crippen MR) is 145 cm³/mol. The zero-order valence-electron chi connectivity index (χ0n) is 21.3. The number of furan rings is 1. The molecule has 194 valence electrons.